The highest BCUT2D eigenvalue weighted by molar-refractivity contribution is 5.94. The van der Waals surface area contributed by atoms with Gasteiger partial charge >= 0.3 is 5.97 Å². The van der Waals surface area contributed by atoms with Crippen LogP contribution in [0.15, 0.2) is 23.1 Å². The number of pyridine rings is 2. The number of carbonyl (C=O) groups is 1. The number of fused-ring (bicyclic) bond motifs is 1. The normalized spacial score (nSPS) is 21.3. The van der Waals surface area contributed by atoms with Gasteiger partial charge in [-0.05, 0) is 37.8 Å². The summed E-state index contributed by atoms with van der Waals surface area (Å²) in [5.41, 5.74) is 1.48. The van der Waals surface area contributed by atoms with E-state index in [1.165, 1.54) is 13.5 Å². The zero-order valence-electron chi connectivity index (χ0n) is 13.8. The van der Waals surface area contributed by atoms with Crippen LogP contribution in [0.5, 0.6) is 0 Å². The van der Waals surface area contributed by atoms with Gasteiger partial charge in [0.25, 0.3) is 5.56 Å². The summed E-state index contributed by atoms with van der Waals surface area (Å²) in [5.74, 6) is 0.0233. The van der Waals surface area contributed by atoms with E-state index >= 15 is 0 Å². The van der Waals surface area contributed by atoms with Crippen LogP contribution in [0.3, 0.4) is 0 Å². The first-order valence-corrected chi connectivity index (χ1v) is 8.13. The summed E-state index contributed by atoms with van der Waals surface area (Å²) in [6, 6.07) is 3.71. The fraction of sp³-hybridized carbons (Fsp3) is 0.500. The minimum atomic E-state index is -0.460. The zero-order chi connectivity index (χ0) is 16.6. The van der Waals surface area contributed by atoms with E-state index in [0.717, 1.165) is 19.3 Å². The third-order valence-corrected chi connectivity index (χ3v) is 4.93. The summed E-state index contributed by atoms with van der Waals surface area (Å²) in [5, 5.41) is 0.483. The van der Waals surface area contributed by atoms with Gasteiger partial charge < -0.3 is 9.30 Å². The summed E-state index contributed by atoms with van der Waals surface area (Å²) >= 11 is 0. The van der Waals surface area contributed by atoms with Crippen LogP contribution in [0.2, 0.25) is 0 Å². The molecule has 0 aromatic carbocycles. The maximum absolute atomic E-state index is 12.9. The van der Waals surface area contributed by atoms with E-state index in [1.807, 2.05) is 16.8 Å². The lowest BCUT2D eigenvalue weighted by atomic mass is 9.85. The molecule has 1 aliphatic rings. The Hall–Kier alpha value is -2.17. The molecule has 2 heterocycles. The number of methoxy groups -OCH3 is 1. The molecule has 3 rings (SSSR count). The number of hydrogen-bond acceptors (Lipinski definition) is 4. The molecule has 5 nitrogen and oxygen atoms in total. The smallest absolute Gasteiger partial charge is 0.339 e. The van der Waals surface area contributed by atoms with Gasteiger partial charge in [0.2, 0.25) is 0 Å². The molecular weight excluding hydrogens is 292 g/mol. The van der Waals surface area contributed by atoms with E-state index < -0.39 is 5.97 Å². The number of aryl methyl sites for hydroxylation is 1. The molecular formula is C18H22N2O3. The highest BCUT2D eigenvalue weighted by Gasteiger charge is 2.24. The molecule has 1 aliphatic carbocycles. The maximum Gasteiger partial charge on any atom is 0.339 e. The Morgan fingerprint density at radius 2 is 2.09 bits per heavy atom. The van der Waals surface area contributed by atoms with Crippen LogP contribution in [0.1, 0.15) is 54.7 Å². The molecule has 5 heteroatoms. The Labute approximate surface area is 135 Å². The number of rotatable bonds is 2. The van der Waals surface area contributed by atoms with Crippen molar-refractivity contribution >= 4 is 16.9 Å². The molecule has 0 saturated heterocycles. The van der Waals surface area contributed by atoms with Crippen molar-refractivity contribution in [2.45, 2.75) is 45.6 Å². The van der Waals surface area contributed by atoms with Crippen molar-refractivity contribution in [1.29, 1.82) is 0 Å². The maximum atomic E-state index is 12.9. The van der Waals surface area contributed by atoms with Crippen LogP contribution in [0.4, 0.5) is 0 Å². The van der Waals surface area contributed by atoms with Crippen molar-refractivity contribution in [3.63, 3.8) is 0 Å². The SMILES string of the molecule is COC(=O)c1cc2c(=O)n([C@H]3CCCC[C@H]3C)ccc2nc1C. The molecule has 0 unspecified atom stereocenters. The molecule has 1 fully saturated rings. The number of hydrogen-bond donors (Lipinski definition) is 0. The lowest BCUT2D eigenvalue weighted by Gasteiger charge is -2.30. The van der Waals surface area contributed by atoms with Gasteiger partial charge in [0.1, 0.15) is 0 Å². The summed E-state index contributed by atoms with van der Waals surface area (Å²) < 4.78 is 6.61. The van der Waals surface area contributed by atoms with Crippen molar-refractivity contribution in [3.05, 3.63) is 39.9 Å². The fourth-order valence-electron chi connectivity index (χ4n) is 3.57. The summed E-state index contributed by atoms with van der Waals surface area (Å²) in [4.78, 5) is 29.2. The molecule has 1 saturated carbocycles. The Balaban J connectivity index is 2.16. The average molecular weight is 314 g/mol. The van der Waals surface area contributed by atoms with Gasteiger partial charge in [0.15, 0.2) is 0 Å². The second-order valence-corrected chi connectivity index (χ2v) is 6.40. The fourth-order valence-corrected chi connectivity index (χ4v) is 3.57. The molecule has 0 N–H and O–H groups in total. The molecule has 0 radical (unpaired) electrons. The minimum absolute atomic E-state index is 0.0705. The topological polar surface area (TPSA) is 61.2 Å². The number of nitrogens with zero attached hydrogens (tertiary/aromatic N) is 2. The average Bonchev–Trinajstić information content (AvgIpc) is 2.55. The molecule has 0 amide bonds. The molecule has 2 aromatic rings. The van der Waals surface area contributed by atoms with Crippen molar-refractivity contribution in [2.75, 3.05) is 7.11 Å². The van der Waals surface area contributed by atoms with E-state index in [9.17, 15) is 9.59 Å². The quantitative estimate of drug-likeness (QED) is 0.798. The van der Waals surface area contributed by atoms with Gasteiger partial charge in [-0.3, -0.25) is 9.78 Å². The van der Waals surface area contributed by atoms with Gasteiger partial charge in [0, 0.05) is 12.2 Å². The van der Waals surface area contributed by atoms with Crippen molar-refractivity contribution in [3.8, 4) is 0 Å². The van der Waals surface area contributed by atoms with Crippen LogP contribution in [0.25, 0.3) is 10.9 Å². The van der Waals surface area contributed by atoms with Crippen molar-refractivity contribution < 1.29 is 9.53 Å². The summed E-state index contributed by atoms with van der Waals surface area (Å²) in [6.45, 7) is 3.95. The number of aromatic nitrogens is 2. The first kappa shape index (κ1) is 15.7. The van der Waals surface area contributed by atoms with Gasteiger partial charge in [-0.25, -0.2) is 4.79 Å². The Kier molecular flexibility index (Phi) is 4.20. The predicted octanol–water partition coefficient (Wildman–Crippen LogP) is 3.24. The van der Waals surface area contributed by atoms with Gasteiger partial charge in [-0.15, -0.1) is 0 Å². The first-order valence-electron chi connectivity index (χ1n) is 8.13. The Morgan fingerprint density at radius 3 is 2.78 bits per heavy atom. The van der Waals surface area contributed by atoms with Crippen LogP contribution in [-0.2, 0) is 4.74 Å². The van der Waals surface area contributed by atoms with E-state index in [2.05, 4.69) is 11.9 Å². The Morgan fingerprint density at radius 1 is 1.35 bits per heavy atom. The van der Waals surface area contributed by atoms with E-state index in [1.54, 1.807) is 13.0 Å². The van der Waals surface area contributed by atoms with Crippen molar-refractivity contribution in [1.82, 2.24) is 9.55 Å². The third kappa shape index (κ3) is 2.76. The first-order chi connectivity index (χ1) is 11.0. The largest absolute Gasteiger partial charge is 0.465 e. The number of carbonyl (C=O) groups excluding carboxylic acids is 1. The minimum Gasteiger partial charge on any atom is -0.465 e. The molecule has 2 aromatic heterocycles. The molecule has 2 atom stereocenters. The third-order valence-electron chi connectivity index (χ3n) is 4.93. The monoisotopic (exact) mass is 314 g/mol. The van der Waals surface area contributed by atoms with Gasteiger partial charge in [-0.1, -0.05) is 19.8 Å². The Bertz CT molecular complexity index is 810. The lowest BCUT2D eigenvalue weighted by Crippen LogP contribution is -2.30. The second-order valence-electron chi connectivity index (χ2n) is 6.40. The second kappa shape index (κ2) is 6.14. The highest BCUT2D eigenvalue weighted by atomic mass is 16.5. The molecule has 122 valence electrons. The van der Waals surface area contributed by atoms with Crippen LogP contribution in [-0.4, -0.2) is 22.6 Å². The number of esters is 1. The molecule has 23 heavy (non-hydrogen) atoms. The van der Waals surface area contributed by atoms with Crippen LogP contribution >= 0.6 is 0 Å². The summed E-state index contributed by atoms with van der Waals surface area (Å²) in [6.07, 6.45) is 6.40. The standard InChI is InChI=1S/C18H22N2O3/c1-11-6-4-5-7-16(11)20-9-8-15-14(17(20)21)10-13(12(2)19-15)18(22)23-3/h8-11,16H,4-7H2,1-3H3/t11-,16+/m1/s1. The predicted molar refractivity (Wildman–Crippen MR) is 88.7 cm³/mol. The van der Waals surface area contributed by atoms with Crippen molar-refractivity contribution in [2.24, 2.45) is 5.92 Å². The zero-order valence-corrected chi connectivity index (χ0v) is 13.8. The van der Waals surface area contributed by atoms with E-state index in [4.69, 9.17) is 4.74 Å². The van der Waals surface area contributed by atoms with E-state index in [0.29, 0.717) is 28.1 Å². The van der Waals surface area contributed by atoms with Gasteiger partial charge in [0.05, 0.1) is 29.3 Å². The molecule has 0 spiro atoms. The van der Waals surface area contributed by atoms with Crippen LogP contribution in [0, 0.1) is 12.8 Å². The lowest BCUT2D eigenvalue weighted by molar-refractivity contribution is 0.0599. The van der Waals surface area contributed by atoms with E-state index in [-0.39, 0.29) is 11.6 Å². The number of ether oxygens (including phenoxy) is 1. The summed E-state index contributed by atoms with van der Waals surface area (Å²) in [7, 11) is 1.33. The highest BCUT2D eigenvalue weighted by Crippen LogP contribution is 2.32. The van der Waals surface area contributed by atoms with Gasteiger partial charge in [-0.2, -0.15) is 0 Å². The molecule has 0 bridgehead atoms. The molecule has 0 aliphatic heterocycles. The van der Waals surface area contributed by atoms with Crippen LogP contribution < -0.4 is 5.56 Å².